The molecule has 0 aliphatic heterocycles. The van der Waals surface area contributed by atoms with E-state index in [-0.39, 0.29) is 0 Å². The van der Waals surface area contributed by atoms with Crippen molar-refractivity contribution in [3.63, 3.8) is 0 Å². The van der Waals surface area contributed by atoms with Crippen LogP contribution in [-0.4, -0.2) is 17.1 Å². The average Bonchev–Trinajstić information content (AvgIpc) is 2.33. The van der Waals surface area contributed by atoms with Crippen LogP contribution in [0.1, 0.15) is 5.56 Å². The van der Waals surface area contributed by atoms with Crippen LogP contribution in [-0.2, 0) is 11.3 Å². The number of aromatic nitrogens is 2. The number of halogens is 2. The molecule has 0 N–H and O–H groups in total. The number of hydrogen-bond acceptors (Lipinski definition) is 3. The molecule has 0 saturated heterocycles. The second kappa shape index (κ2) is 5.58. The van der Waals surface area contributed by atoms with Crippen molar-refractivity contribution in [1.82, 2.24) is 9.97 Å². The summed E-state index contributed by atoms with van der Waals surface area (Å²) < 4.78 is 5.78. The summed E-state index contributed by atoms with van der Waals surface area (Å²) in [6.07, 6.45) is 1.65. The summed E-state index contributed by atoms with van der Waals surface area (Å²) in [6, 6.07) is 7.87. The topological polar surface area (TPSA) is 35.0 Å². The van der Waals surface area contributed by atoms with Gasteiger partial charge in [-0.3, -0.25) is 0 Å². The van der Waals surface area contributed by atoms with Crippen LogP contribution in [0.3, 0.4) is 0 Å². The standard InChI is InChI=1S/C12H10BrClN2O/c1-17-7-8-3-2-4-9(5-8)12-15-6-10(13)11(14)16-12/h2-6H,7H2,1H3. The molecule has 1 aromatic carbocycles. The Morgan fingerprint density at radius 1 is 1.41 bits per heavy atom. The van der Waals surface area contributed by atoms with Crippen LogP contribution in [0.2, 0.25) is 5.15 Å². The van der Waals surface area contributed by atoms with E-state index in [9.17, 15) is 0 Å². The number of methoxy groups -OCH3 is 1. The van der Waals surface area contributed by atoms with Gasteiger partial charge in [0.15, 0.2) is 5.82 Å². The van der Waals surface area contributed by atoms with Gasteiger partial charge >= 0.3 is 0 Å². The summed E-state index contributed by atoms with van der Waals surface area (Å²) in [5, 5.41) is 0.409. The Balaban J connectivity index is 2.38. The first kappa shape index (κ1) is 12.5. The number of ether oxygens (including phenoxy) is 1. The molecule has 0 atom stereocenters. The molecule has 0 saturated carbocycles. The SMILES string of the molecule is COCc1cccc(-c2ncc(Br)c(Cl)n2)c1. The molecular formula is C12H10BrClN2O. The van der Waals surface area contributed by atoms with Crippen LogP contribution in [0.15, 0.2) is 34.9 Å². The lowest BCUT2D eigenvalue weighted by molar-refractivity contribution is 0.185. The fourth-order valence-corrected chi connectivity index (χ4v) is 1.77. The third-order valence-electron chi connectivity index (χ3n) is 2.20. The van der Waals surface area contributed by atoms with Crippen molar-refractivity contribution in [3.05, 3.63) is 45.7 Å². The van der Waals surface area contributed by atoms with E-state index in [2.05, 4.69) is 25.9 Å². The highest BCUT2D eigenvalue weighted by Crippen LogP contribution is 2.23. The van der Waals surface area contributed by atoms with Gasteiger partial charge in [-0.1, -0.05) is 29.8 Å². The minimum absolute atomic E-state index is 0.409. The highest BCUT2D eigenvalue weighted by atomic mass is 79.9. The van der Waals surface area contributed by atoms with Gasteiger partial charge in [0.2, 0.25) is 0 Å². The predicted octanol–water partition coefficient (Wildman–Crippen LogP) is 3.71. The van der Waals surface area contributed by atoms with E-state index in [0.29, 0.717) is 22.1 Å². The van der Waals surface area contributed by atoms with E-state index in [1.165, 1.54) is 0 Å². The maximum Gasteiger partial charge on any atom is 0.160 e. The van der Waals surface area contributed by atoms with Crippen molar-refractivity contribution < 1.29 is 4.74 Å². The van der Waals surface area contributed by atoms with Crippen LogP contribution in [0, 0.1) is 0 Å². The zero-order valence-electron chi connectivity index (χ0n) is 9.15. The Bertz CT molecular complexity index is 534. The first-order valence-electron chi connectivity index (χ1n) is 4.97. The lowest BCUT2D eigenvalue weighted by Crippen LogP contribution is -1.92. The highest BCUT2D eigenvalue weighted by molar-refractivity contribution is 9.10. The minimum atomic E-state index is 0.409. The minimum Gasteiger partial charge on any atom is -0.380 e. The van der Waals surface area contributed by atoms with Crippen LogP contribution < -0.4 is 0 Å². The largest absolute Gasteiger partial charge is 0.380 e. The Hall–Kier alpha value is -0.970. The second-order valence-corrected chi connectivity index (χ2v) is 4.68. The smallest absolute Gasteiger partial charge is 0.160 e. The molecule has 3 nitrogen and oxygen atoms in total. The van der Waals surface area contributed by atoms with Gasteiger partial charge in [-0.05, 0) is 27.6 Å². The van der Waals surface area contributed by atoms with Crippen molar-refractivity contribution in [2.75, 3.05) is 7.11 Å². The van der Waals surface area contributed by atoms with E-state index < -0.39 is 0 Å². The summed E-state index contributed by atoms with van der Waals surface area (Å²) in [5.74, 6) is 0.608. The number of benzene rings is 1. The molecule has 88 valence electrons. The van der Waals surface area contributed by atoms with Gasteiger partial charge in [0.05, 0.1) is 11.1 Å². The lowest BCUT2D eigenvalue weighted by Gasteiger charge is -2.04. The van der Waals surface area contributed by atoms with Gasteiger partial charge in [0, 0.05) is 18.9 Å². The molecule has 0 radical (unpaired) electrons. The Labute approximate surface area is 113 Å². The molecular weight excluding hydrogens is 304 g/mol. The Kier molecular flexibility index (Phi) is 4.10. The Morgan fingerprint density at radius 2 is 2.24 bits per heavy atom. The molecule has 1 aromatic heterocycles. The van der Waals surface area contributed by atoms with Crippen molar-refractivity contribution in [2.45, 2.75) is 6.61 Å². The summed E-state index contributed by atoms with van der Waals surface area (Å²) in [5.41, 5.74) is 2.00. The molecule has 2 rings (SSSR count). The maximum absolute atomic E-state index is 5.94. The van der Waals surface area contributed by atoms with E-state index >= 15 is 0 Å². The molecule has 0 unspecified atom stereocenters. The van der Waals surface area contributed by atoms with Crippen LogP contribution in [0.4, 0.5) is 0 Å². The molecule has 0 fully saturated rings. The number of hydrogen-bond donors (Lipinski definition) is 0. The van der Waals surface area contributed by atoms with Gasteiger partial charge in [-0.15, -0.1) is 0 Å². The van der Waals surface area contributed by atoms with Crippen molar-refractivity contribution in [3.8, 4) is 11.4 Å². The molecule has 0 amide bonds. The third-order valence-corrected chi connectivity index (χ3v) is 3.29. The number of nitrogens with zero attached hydrogens (tertiary/aromatic N) is 2. The van der Waals surface area contributed by atoms with E-state index in [1.54, 1.807) is 13.3 Å². The maximum atomic E-state index is 5.94. The normalized spacial score (nSPS) is 10.5. The zero-order chi connectivity index (χ0) is 12.3. The molecule has 2 aromatic rings. The molecule has 1 heterocycles. The predicted molar refractivity (Wildman–Crippen MR) is 70.9 cm³/mol. The van der Waals surface area contributed by atoms with Gasteiger partial charge in [0.25, 0.3) is 0 Å². The molecule has 5 heteroatoms. The van der Waals surface area contributed by atoms with Crippen LogP contribution >= 0.6 is 27.5 Å². The molecule has 17 heavy (non-hydrogen) atoms. The lowest BCUT2D eigenvalue weighted by atomic mass is 10.1. The van der Waals surface area contributed by atoms with Gasteiger partial charge < -0.3 is 4.74 Å². The van der Waals surface area contributed by atoms with Crippen LogP contribution in [0.5, 0.6) is 0 Å². The third kappa shape index (κ3) is 3.03. The first-order valence-corrected chi connectivity index (χ1v) is 6.14. The van der Waals surface area contributed by atoms with Gasteiger partial charge in [0.1, 0.15) is 5.15 Å². The average molecular weight is 314 g/mol. The highest BCUT2D eigenvalue weighted by Gasteiger charge is 2.05. The van der Waals surface area contributed by atoms with Crippen molar-refractivity contribution in [2.24, 2.45) is 0 Å². The van der Waals surface area contributed by atoms with Crippen molar-refractivity contribution in [1.29, 1.82) is 0 Å². The zero-order valence-corrected chi connectivity index (χ0v) is 11.5. The van der Waals surface area contributed by atoms with Crippen LogP contribution in [0.25, 0.3) is 11.4 Å². The quantitative estimate of drug-likeness (QED) is 0.810. The van der Waals surface area contributed by atoms with E-state index in [0.717, 1.165) is 11.1 Å². The van der Waals surface area contributed by atoms with Crippen molar-refractivity contribution >= 4 is 27.5 Å². The monoisotopic (exact) mass is 312 g/mol. The fraction of sp³-hybridized carbons (Fsp3) is 0.167. The first-order chi connectivity index (χ1) is 8.20. The summed E-state index contributed by atoms with van der Waals surface area (Å²) in [7, 11) is 1.67. The number of rotatable bonds is 3. The van der Waals surface area contributed by atoms with Gasteiger partial charge in [-0.2, -0.15) is 0 Å². The fourth-order valence-electron chi connectivity index (χ4n) is 1.45. The molecule has 0 spiro atoms. The second-order valence-electron chi connectivity index (χ2n) is 3.47. The molecule has 0 aliphatic carbocycles. The van der Waals surface area contributed by atoms with Gasteiger partial charge in [-0.25, -0.2) is 9.97 Å². The molecule has 0 aliphatic rings. The Morgan fingerprint density at radius 3 is 2.94 bits per heavy atom. The summed E-state index contributed by atoms with van der Waals surface area (Å²) in [4.78, 5) is 8.44. The summed E-state index contributed by atoms with van der Waals surface area (Å²) in [6.45, 7) is 0.568. The molecule has 0 bridgehead atoms. The van der Waals surface area contributed by atoms with E-state index in [4.69, 9.17) is 16.3 Å². The van der Waals surface area contributed by atoms with E-state index in [1.807, 2.05) is 24.3 Å². The summed E-state index contributed by atoms with van der Waals surface area (Å²) >= 11 is 9.21.